The van der Waals surface area contributed by atoms with Crippen LogP contribution in [0.2, 0.25) is 0 Å². The van der Waals surface area contributed by atoms with Gasteiger partial charge in [0.1, 0.15) is 12.4 Å². The van der Waals surface area contributed by atoms with E-state index in [1.165, 1.54) is 0 Å². The van der Waals surface area contributed by atoms with Crippen molar-refractivity contribution >= 4 is 23.6 Å². The minimum atomic E-state index is -0.673. The summed E-state index contributed by atoms with van der Waals surface area (Å²) in [7, 11) is 0. The molecule has 1 aromatic heterocycles. The molecule has 2 amide bonds. The second-order valence-electron chi connectivity index (χ2n) is 8.57. The van der Waals surface area contributed by atoms with Crippen LogP contribution < -0.4 is 9.47 Å². The number of rotatable bonds is 5. The van der Waals surface area contributed by atoms with E-state index in [4.69, 9.17) is 14.0 Å². The van der Waals surface area contributed by atoms with E-state index in [0.717, 1.165) is 21.9 Å². The van der Waals surface area contributed by atoms with E-state index in [2.05, 4.69) is 5.16 Å². The highest BCUT2D eigenvalue weighted by atomic mass is 32.2. The van der Waals surface area contributed by atoms with Gasteiger partial charge in [-0.15, -0.1) is 11.8 Å². The number of carbonyl (C=O) groups excluding carboxylic acids is 2. The molecule has 2 aliphatic rings. The van der Waals surface area contributed by atoms with Gasteiger partial charge < -0.3 is 23.8 Å². The molecule has 2 aromatic carbocycles. The van der Waals surface area contributed by atoms with Crippen molar-refractivity contribution in [3.63, 3.8) is 0 Å². The van der Waals surface area contributed by atoms with Crippen molar-refractivity contribution < 1.29 is 23.6 Å². The molecule has 0 spiro atoms. The van der Waals surface area contributed by atoms with Crippen LogP contribution in [0, 0.1) is 13.8 Å². The number of aromatic nitrogens is 1. The first kappa shape index (κ1) is 23.3. The van der Waals surface area contributed by atoms with Crippen molar-refractivity contribution in [1.29, 1.82) is 0 Å². The van der Waals surface area contributed by atoms with Gasteiger partial charge in [0.05, 0.1) is 11.3 Å². The smallest absolute Gasteiger partial charge is 0.267 e. The Kier molecular flexibility index (Phi) is 6.68. The van der Waals surface area contributed by atoms with Crippen LogP contribution in [0.4, 0.5) is 0 Å². The second-order valence-corrected chi connectivity index (χ2v) is 9.59. The van der Waals surface area contributed by atoms with Gasteiger partial charge in [-0.2, -0.15) is 0 Å². The van der Waals surface area contributed by atoms with E-state index in [1.54, 1.807) is 22.7 Å². The number of amides is 2. The summed E-state index contributed by atoms with van der Waals surface area (Å²) >= 11 is 1.60. The van der Waals surface area contributed by atoms with E-state index in [-0.39, 0.29) is 18.4 Å². The van der Waals surface area contributed by atoms with Crippen molar-refractivity contribution in [2.45, 2.75) is 30.6 Å². The van der Waals surface area contributed by atoms with Gasteiger partial charge >= 0.3 is 0 Å². The number of carbonyl (C=O) groups is 2. The highest BCUT2D eigenvalue weighted by Crippen LogP contribution is 2.32. The Morgan fingerprint density at radius 1 is 0.971 bits per heavy atom. The summed E-state index contributed by atoms with van der Waals surface area (Å²) in [6, 6.07) is 15.0. The van der Waals surface area contributed by atoms with Crippen molar-refractivity contribution in [3.05, 3.63) is 71.1 Å². The predicted octanol–water partition coefficient (Wildman–Crippen LogP) is 3.71. The molecule has 9 heteroatoms. The van der Waals surface area contributed by atoms with Crippen LogP contribution in [0.15, 0.2) is 57.9 Å². The Labute approximate surface area is 208 Å². The number of aryl methyl sites for hydroxylation is 2. The van der Waals surface area contributed by atoms with E-state index in [1.807, 2.05) is 61.2 Å². The topological polar surface area (TPSA) is 85.1 Å². The highest BCUT2D eigenvalue weighted by molar-refractivity contribution is 7.98. The maximum absolute atomic E-state index is 13.4. The molecule has 0 saturated carbocycles. The van der Waals surface area contributed by atoms with Crippen molar-refractivity contribution in [2.75, 3.05) is 32.8 Å². The molecule has 35 heavy (non-hydrogen) atoms. The Morgan fingerprint density at radius 2 is 1.66 bits per heavy atom. The molecule has 1 unspecified atom stereocenters. The summed E-state index contributed by atoms with van der Waals surface area (Å²) in [5.41, 5.74) is 2.60. The number of fused-ring (bicyclic) bond motifs is 1. The Morgan fingerprint density at radius 3 is 2.40 bits per heavy atom. The molecule has 0 aliphatic carbocycles. The summed E-state index contributed by atoms with van der Waals surface area (Å²) < 4.78 is 16.8. The number of ether oxygens (including phenoxy) is 2. The molecule has 0 N–H and O–H groups in total. The van der Waals surface area contributed by atoms with E-state index in [9.17, 15) is 9.59 Å². The number of para-hydroxylation sites is 2. The molecule has 0 radical (unpaired) electrons. The summed E-state index contributed by atoms with van der Waals surface area (Å²) in [6.45, 7) is 5.87. The number of thioether (sulfide) groups is 1. The third kappa shape index (κ3) is 4.86. The van der Waals surface area contributed by atoms with Crippen LogP contribution in [0.1, 0.15) is 27.4 Å². The molecule has 182 valence electrons. The Bertz CT molecular complexity index is 1220. The summed E-state index contributed by atoms with van der Waals surface area (Å²) in [5, 5.41) is 4.01. The van der Waals surface area contributed by atoms with E-state index >= 15 is 0 Å². The van der Waals surface area contributed by atoms with Crippen LogP contribution in [-0.2, 0) is 10.5 Å². The maximum atomic E-state index is 13.4. The van der Waals surface area contributed by atoms with Crippen LogP contribution in [0.5, 0.6) is 11.5 Å². The summed E-state index contributed by atoms with van der Waals surface area (Å²) in [6.07, 6.45) is -0.673. The van der Waals surface area contributed by atoms with Gasteiger partial charge in [-0.05, 0) is 38.1 Å². The molecule has 3 aromatic rings. The van der Waals surface area contributed by atoms with Crippen LogP contribution in [-0.4, -0.2) is 65.7 Å². The van der Waals surface area contributed by atoms with Gasteiger partial charge in [-0.25, -0.2) is 0 Å². The highest BCUT2D eigenvalue weighted by Gasteiger charge is 2.33. The zero-order valence-corrected chi connectivity index (χ0v) is 20.5. The summed E-state index contributed by atoms with van der Waals surface area (Å²) in [4.78, 5) is 30.9. The predicted molar refractivity (Wildman–Crippen MR) is 131 cm³/mol. The first-order valence-electron chi connectivity index (χ1n) is 11.6. The van der Waals surface area contributed by atoms with Crippen LogP contribution >= 0.6 is 11.8 Å². The van der Waals surface area contributed by atoms with Gasteiger partial charge in [-0.1, -0.05) is 29.4 Å². The molecule has 8 nitrogen and oxygen atoms in total. The first-order valence-corrected chi connectivity index (χ1v) is 12.6. The average Bonchev–Trinajstić information content (AvgIpc) is 3.23. The normalized spacial score (nSPS) is 17.4. The Hall–Kier alpha value is -3.46. The standard InChI is InChI=1S/C26H27N3O5S/c1-17-20(18(2)34-27-17)16-35-24-10-6-3-7-19(24)25(30)28-11-13-29(14-12-28)26(31)23-15-32-21-8-4-5-9-22(21)33-23/h3-10,23H,11-16H2,1-2H3. The molecule has 1 atom stereocenters. The number of piperazine rings is 1. The monoisotopic (exact) mass is 493 g/mol. The number of benzene rings is 2. The average molecular weight is 494 g/mol. The molecule has 1 saturated heterocycles. The zero-order valence-electron chi connectivity index (χ0n) is 19.7. The van der Waals surface area contributed by atoms with Crippen molar-refractivity contribution in [1.82, 2.24) is 15.0 Å². The lowest BCUT2D eigenvalue weighted by molar-refractivity contribution is -0.142. The molecule has 2 aliphatic heterocycles. The van der Waals surface area contributed by atoms with Gasteiger partial charge in [0.2, 0.25) is 6.10 Å². The van der Waals surface area contributed by atoms with Gasteiger partial charge in [-0.3, -0.25) is 9.59 Å². The van der Waals surface area contributed by atoms with E-state index < -0.39 is 6.10 Å². The zero-order chi connectivity index (χ0) is 24.4. The second kappa shape index (κ2) is 10.0. The lowest BCUT2D eigenvalue weighted by atomic mass is 10.1. The quantitative estimate of drug-likeness (QED) is 0.501. The minimum absolute atomic E-state index is 0.0230. The minimum Gasteiger partial charge on any atom is -0.485 e. The fourth-order valence-corrected chi connectivity index (χ4v) is 5.47. The molecule has 1 fully saturated rings. The Balaban J connectivity index is 1.19. The van der Waals surface area contributed by atoms with Crippen LogP contribution in [0.3, 0.4) is 0 Å². The summed E-state index contributed by atoms with van der Waals surface area (Å²) in [5.74, 6) is 2.58. The number of nitrogens with zero attached hydrogens (tertiary/aromatic N) is 3. The van der Waals surface area contributed by atoms with Gasteiger partial charge in [0.15, 0.2) is 11.5 Å². The van der Waals surface area contributed by atoms with Gasteiger partial charge in [0.25, 0.3) is 11.8 Å². The van der Waals surface area contributed by atoms with Crippen molar-refractivity contribution in [3.8, 4) is 11.5 Å². The molecule has 5 rings (SSSR count). The fraction of sp³-hybridized carbons (Fsp3) is 0.346. The SMILES string of the molecule is Cc1noc(C)c1CSc1ccccc1C(=O)N1CCN(C(=O)C2COc3ccccc3O2)CC1. The van der Waals surface area contributed by atoms with E-state index in [0.29, 0.717) is 49.0 Å². The lowest BCUT2D eigenvalue weighted by Crippen LogP contribution is -2.55. The largest absolute Gasteiger partial charge is 0.485 e. The lowest BCUT2D eigenvalue weighted by Gasteiger charge is -2.37. The molecule has 0 bridgehead atoms. The third-order valence-corrected chi connectivity index (χ3v) is 7.43. The van der Waals surface area contributed by atoms with Crippen molar-refractivity contribution in [2.24, 2.45) is 0 Å². The maximum Gasteiger partial charge on any atom is 0.267 e. The van der Waals surface area contributed by atoms with Gasteiger partial charge in [0, 0.05) is 42.4 Å². The third-order valence-electron chi connectivity index (χ3n) is 6.33. The molecular formula is C26H27N3O5S. The molecule has 3 heterocycles. The number of hydrogen-bond acceptors (Lipinski definition) is 7. The fourth-order valence-electron chi connectivity index (χ4n) is 4.27. The number of hydrogen-bond donors (Lipinski definition) is 0. The van der Waals surface area contributed by atoms with Crippen LogP contribution in [0.25, 0.3) is 0 Å². The first-order chi connectivity index (χ1) is 17.0. The molecular weight excluding hydrogens is 466 g/mol.